The van der Waals surface area contributed by atoms with E-state index in [4.69, 9.17) is 10.8 Å². The average molecular weight is 274 g/mol. The van der Waals surface area contributed by atoms with Gasteiger partial charge in [-0.1, -0.05) is 0 Å². The van der Waals surface area contributed by atoms with Crippen molar-refractivity contribution in [1.29, 1.82) is 0 Å². The molecule has 0 saturated carbocycles. The number of hydrogen-bond donors (Lipinski definition) is 1. The number of esters is 1. The summed E-state index contributed by atoms with van der Waals surface area (Å²) in [6.45, 7) is 9.92. The second-order valence-corrected chi connectivity index (χ2v) is 5.99. The molecule has 1 N–H and O–H groups in total. The van der Waals surface area contributed by atoms with Crippen molar-refractivity contribution in [2.24, 2.45) is 0 Å². The number of nitrogens with one attached hydrogen (secondary N) is 1. The van der Waals surface area contributed by atoms with Crippen LogP contribution in [0.1, 0.15) is 49.3 Å². The van der Waals surface area contributed by atoms with Gasteiger partial charge in [0.1, 0.15) is 23.5 Å². The number of aldehydes is 1. The number of hydrogen-bond acceptors (Lipinski definition) is 5. The molecule has 0 heterocycles. The Morgan fingerprint density at radius 1 is 1.16 bits per heavy atom. The standard InChI is InChI=1S/C13H23NO5/c1-12(2,3)18-10(16)9(7-8-15)14-11(17)19-13(4,5)6/h8-9H,7H2,1-6H3,(H,14,17)/t9-/m0/s1/i7D/t7-,9-. The minimum Gasteiger partial charge on any atom is -0.458 e. The molecule has 2 atom stereocenters. The van der Waals surface area contributed by atoms with Crippen LogP contribution >= 0.6 is 0 Å². The van der Waals surface area contributed by atoms with Crippen LogP contribution in [0.3, 0.4) is 0 Å². The molecule has 0 radical (unpaired) electrons. The minimum atomic E-state index is -1.46. The second-order valence-electron chi connectivity index (χ2n) is 5.99. The van der Waals surface area contributed by atoms with E-state index in [0.717, 1.165) is 0 Å². The molecular formula is C13H23NO5. The molecule has 0 spiro atoms. The normalized spacial score (nSPS) is 15.8. The summed E-state index contributed by atoms with van der Waals surface area (Å²) in [5.74, 6) is -0.851. The second kappa shape index (κ2) is 6.54. The Morgan fingerprint density at radius 2 is 1.63 bits per heavy atom. The SMILES string of the molecule is [2H][C@@H](C=O)[C@H](NC(=O)OC(C)(C)C)C(=O)OC(C)(C)C. The lowest BCUT2D eigenvalue weighted by Gasteiger charge is -2.25. The molecule has 110 valence electrons. The first kappa shape index (κ1) is 15.5. The molecule has 6 nitrogen and oxygen atoms in total. The van der Waals surface area contributed by atoms with Crippen molar-refractivity contribution < 1.29 is 25.2 Å². The zero-order valence-corrected chi connectivity index (χ0v) is 12.3. The van der Waals surface area contributed by atoms with Gasteiger partial charge in [-0.25, -0.2) is 9.59 Å². The zero-order valence-electron chi connectivity index (χ0n) is 13.3. The summed E-state index contributed by atoms with van der Waals surface area (Å²) in [6, 6.07) is -1.40. The first-order valence-electron chi connectivity index (χ1n) is 6.53. The molecule has 6 heteroatoms. The zero-order chi connectivity index (χ0) is 16.1. The highest BCUT2D eigenvalue weighted by Crippen LogP contribution is 2.11. The van der Waals surface area contributed by atoms with Crippen molar-refractivity contribution in [2.45, 2.75) is 65.2 Å². The lowest BCUT2D eigenvalue weighted by Crippen LogP contribution is -2.46. The van der Waals surface area contributed by atoms with Gasteiger partial charge in [0.2, 0.25) is 0 Å². The Bertz CT molecular complexity index is 370. The Balaban J connectivity index is 4.87. The number of carbonyl (C=O) groups is 3. The largest absolute Gasteiger partial charge is 0.458 e. The lowest BCUT2D eigenvalue weighted by atomic mass is 10.1. The van der Waals surface area contributed by atoms with Crippen molar-refractivity contribution >= 4 is 18.3 Å². The van der Waals surface area contributed by atoms with E-state index in [1.165, 1.54) is 0 Å². The molecule has 0 aliphatic rings. The van der Waals surface area contributed by atoms with Gasteiger partial charge >= 0.3 is 12.1 Å². The summed E-state index contributed by atoms with van der Waals surface area (Å²) in [5.41, 5.74) is -1.53. The van der Waals surface area contributed by atoms with Crippen molar-refractivity contribution in [1.82, 2.24) is 5.32 Å². The van der Waals surface area contributed by atoms with Crippen LogP contribution in [0.5, 0.6) is 0 Å². The summed E-state index contributed by atoms with van der Waals surface area (Å²) in [5, 5.41) is 2.19. The molecule has 1 amide bonds. The lowest BCUT2D eigenvalue weighted by molar-refractivity contribution is -0.158. The van der Waals surface area contributed by atoms with Gasteiger partial charge in [0.15, 0.2) is 0 Å². The van der Waals surface area contributed by atoms with Crippen LogP contribution in [0.15, 0.2) is 0 Å². The predicted molar refractivity (Wildman–Crippen MR) is 69.7 cm³/mol. The molecule has 19 heavy (non-hydrogen) atoms. The van der Waals surface area contributed by atoms with E-state index in [-0.39, 0.29) is 6.29 Å². The molecule has 0 rings (SSSR count). The van der Waals surface area contributed by atoms with E-state index in [9.17, 15) is 14.4 Å². The van der Waals surface area contributed by atoms with Gasteiger partial charge in [-0.15, -0.1) is 0 Å². The van der Waals surface area contributed by atoms with Crippen LogP contribution in [0.2, 0.25) is 0 Å². The molecule has 0 aromatic carbocycles. The third kappa shape index (κ3) is 9.04. The monoisotopic (exact) mass is 274 g/mol. The third-order valence-corrected chi connectivity index (χ3v) is 1.60. The average Bonchev–Trinajstić information content (AvgIpc) is 2.19. The minimum absolute atomic E-state index is 0.256. The number of amides is 1. The maximum Gasteiger partial charge on any atom is 0.408 e. The number of rotatable bonds is 4. The molecule has 0 aliphatic carbocycles. The van der Waals surface area contributed by atoms with Crippen molar-refractivity contribution in [3.8, 4) is 0 Å². The van der Waals surface area contributed by atoms with Crippen molar-refractivity contribution in [3.63, 3.8) is 0 Å². The van der Waals surface area contributed by atoms with Crippen LogP contribution in [-0.4, -0.2) is 35.6 Å². The van der Waals surface area contributed by atoms with Crippen LogP contribution in [0.25, 0.3) is 0 Å². The highest BCUT2D eigenvalue weighted by atomic mass is 16.6. The van der Waals surface area contributed by atoms with Gasteiger partial charge in [0.25, 0.3) is 0 Å². The molecule has 0 aliphatic heterocycles. The number of alkyl carbamates (subject to hydrolysis) is 1. The molecule has 0 saturated heterocycles. The fourth-order valence-corrected chi connectivity index (χ4v) is 1.06. The fraction of sp³-hybridized carbons (Fsp3) is 0.769. The van der Waals surface area contributed by atoms with Crippen molar-refractivity contribution in [3.05, 3.63) is 0 Å². The van der Waals surface area contributed by atoms with Gasteiger partial charge in [-0.2, -0.15) is 0 Å². The van der Waals surface area contributed by atoms with Crippen LogP contribution in [0, 0.1) is 0 Å². The highest BCUT2D eigenvalue weighted by molar-refractivity contribution is 5.84. The smallest absolute Gasteiger partial charge is 0.408 e. The van der Waals surface area contributed by atoms with E-state index in [1.54, 1.807) is 41.5 Å². The van der Waals surface area contributed by atoms with E-state index in [2.05, 4.69) is 5.32 Å². The molecule has 0 aromatic rings. The van der Waals surface area contributed by atoms with Gasteiger partial charge in [0, 0.05) is 7.77 Å². The summed E-state index contributed by atoms with van der Waals surface area (Å²) in [4.78, 5) is 34.2. The highest BCUT2D eigenvalue weighted by Gasteiger charge is 2.28. The summed E-state index contributed by atoms with van der Waals surface area (Å²) < 4.78 is 17.6. The molecular weight excluding hydrogens is 250 g/mol. The summed E-state index contributed by atoms with van der Waals surface area (Å²) in [6.07, 6.45) is -2.09. The third-order valence-electron chi connectivity index (χ3n) is 1.60. The van der Waals surface area contributed by atoms with E-state index >= 15 is 0 Å². The van der Waals surface area contributed by atoms with Crippen molar-refractivity contribution in [2.75, 3.05) is 0 Å². The van der Waals surface area contributed by atoms with Gasteiger partial charge in [-0.3, -0.25) is 0 Å². The Hall–Kier alpha value is -1.59. The fourth-order valence-electron chi connectivity index (χ4n) is 1.06. The Morgan fingerprint density at radius 3 is 2.00 bits per heavy atom. The van der Waals surface area contributed by atoms with Gasteiger partial charge in [0.05, 0.1) is 0 Å². The topological polar surface area (TPSA) is 81.7 Å². The van der Waals surface area contributed by atoms with Crippen LogP contribution < -0.4 is 5.32 Å². The van der Waals surface area contributed by atoms with Gasteiger partial charge in [-0.05, 0) is 41.5 Å². The Labute approximate surface area is 115 Å². The Kier molecular flexibility index (Phi) is 5.32. The first-order chi connectivity index (χ1) is 8.85. The number of ether oxygens (including phenoxy) is 2. The van der Waals surface area contributed by atoms with Gasteiger partial charge < -0.3 is 19.6 Å². The maximum atomic E-state index is 11.9. The summed E-state index contributed by atoms with van der Waals surface area (Å²) in [7, 11) is 0. The van der Waals surface area contributed by atoms with Crippen LogP contribution in [-0.2, 0) is 19.1 Å². The number of carbonyl (C=O) groups excluding carboxylic acids is 3. The first-order valence-corrected chi connectivity index (χ1v) is 5.95. The molecule has 0 bridgehead atoms. The summed E-state index contributed by atoms with van der Waals surface area (Å²) >= 11 is 0. The van der Waals surface area contributed by atoms with E-state index in [0.29, 0.717) is 0 Å². The molecule has 0 fully saturated rings. The van der Waals surface area contributed by atoms with E-state index < -0.39 is 35.7 Å². The van der Waals surface area contributed by atoms with Crippen LogP contribution in [0.4, 0.5) is 4.79 Å². The molecule has 0 aromatic heterocycles. The maximum absolute atomic E-state index is 11.9. The molecule has 0 unspecified atom stereocenters. The quantitative estimate of drug-likeness (QED) is 0.624. The predicted octanol–water partition coefficient (Wildman–Crippen LogP) is 1.81. The van der Waals surface area contributed by atoms with E-state index in [1.807, 2.05) is 0 Å².